The zero-order valence-corrected chi connectivity index (χ0v) is 17.7. The maximum absolute atomic E-state index is 3.60. The van der Waals surface area contributed by atoms with E-state index in [0.29, 0.717) is 10.8 Å². The van der Waals surface area contributed by atoms with Crippen molar-refractivity contribution in [1.29, 1.82) is 0 Å². The molecule has 1 heterocycles. The van der Waals surface area contributed by atoms with E-state index in [4.69, 9.17) is 0 Å². The van der Waals surface area contributed by atoms with Crippen LogP contribution in [0.2, 0.25) is 0 Å². The minimum absolute atomic E-state index is 0.466. The van der Waals surface area contributed by atoms with Crippen molar-refractivity contribution in [3.63, 3.8) is 0 Å². The number of nitrogens with zero attached hydrogens (tertiary/aromatic N) is 1. The Bertz CT molecular complexity index is 311. The van der Waals surface area contributed by atoms with Crippen LogP contribution in [0.5, 0.6) is 0 Å². The normalized spacial score (nSPS) is 20.5. The third-order valence-electron chi connectivity index (χ3n) is 5.61. The Morgan fingerprint density at radius 1 is 0.875 bits per heavy atom. The first kappa shape index (κ1) is 22.0. The summed E-state index contributed by atoms with van der Waals surface area (Å²) in [5.74, 6) is 0.894. The van der Waals surface area contributed by atoms with Gasteiger partial charge in [-0.1, -0.05) is 60.8 Å². The highest BCUT2D eigenvalue weighted by Gasteiger charge is 2.29. The van der Waals surface area contributed by atoms with Crippen LogP contribution in [-0.2, 0) is 0 Å². The summed E-state index contributed by atoms with van der Waals surface area (Å²) in [6, 6.07) is 0. The van der Waals surface area contributed by atoms with E-state index < -0.39 is 0 Å². The van der Waals surface area contributed by atoms with Crippen LogP contribution in [0.1, 0.15) is 92.9 Å². The van der Waals surface area contributed by atoms with Crippen LogP contribution in [0.4, 0.5) is 0 Å². The summed E-state index contributed by atoms with van der Waals surface area (Å²) in [4.78, 5) is 2.73. The highest BCUT2D eigenvalue weighted by molar-refractivity contribution is 4.81. The molecule has 2 nitrogen and oxygen atoms in total. The second-order valence-electron chi connectivity index (χ2n) is 10.3. The molecule has 0 bridgehead atoms. The Morgan fingerprint density at radius 2 is 1.54 bits per heavy atom. The highest BCUT2D eigenvalue weighted by atomic mass is 15.1. The number of nitrogens with one attached hydrogen (secondary N) is 1. The zero-order chi connectivity index (χ0) is 18.1. The molecule has 1 atom stereocenters. The summed E-state index contributed by atoms with van der Waals surface area (Å²) in [6.07, 6.45) is 11.1. The second-order valence-corrected chi connectivity index (χ2v) is 10.3. The fourth-order valence-electron chi connectivity index (χ4n) is 3.67. The highest BCUT2D eigenvalue weighted by Crippen LogP contribution is 2.33. The van der Waals surface area contributed by atoms with Gasteiger partial charge in [-0.05, 0) is 75.0 Å². The van der Waals surface area contributed by atoms with Gasteiger partial charge in [0.25, 0.3) is 0 Å². The van der Waals surface area contributed by atoms with E-state index in [2.05, 4.69) is 51.8 Å². The molecule has 0 radical (unpaired) electrons. The lowest BCUT2D eigenvalue weighted by atomic mass is 9.76. The Labute approximate surface area is 153 Å². The summed E-state index contributed by atoms with van der Waals surface area (Å²) in [5.41, 5.74) is 0.951. The predicted octanol–water partition coefficient (Wildman–Crippen LogP) is 5.72. The number of likely N-dealkylation sites (tertiary alicyclic amines) is 1. The fourth-order valence-corrected chi connectivity index (χ4v) is 3.67. The lowest BCUT2D eigenvalue weighted by Gasteiger charge is -2.39. The lowest BCUT2D eigenvalue weighted by Crippen LogP contribution is -2.40. The van der Waals surface area contributed by atoms with E-state index in [1.807, 2.05) is 0 Å². The minimum atomic E-state index is 0.466. The van der Waals surface area contributed by atoms with Crippen molar-refractivity contribution in [1.82, 2.24) is 10.2 Å². The van der Waals surface area contributed by atoms with Crippen LogP contribution in [0, 0.1) is 16.7 Å². The van der Waals surface area contributed by atoms with Gasteiger partial charge in [0.15, 0.2) is 0 Å². The van der Waals surface area contributed by atoms with Gasteiger partial charge in [0.1, 0.15) is 0 Å². The molecule has 1 saturated heterocycles. The molecular formula is C22H46N2. The maximum Gasteiger partial charge on any atom is 0.00147 e. The molecule has 1 rings (SSSR count). The molecule has 0 amide bonds. The lowest BCUT2D eigenvalue weighted by molar-refractivity contribution is 0.0978. The van der Waals surface area contributed by atoms with Crippen LogP contribution in [-0.4, -0.2) is 37.6 Å². The fraction of sp³-hybridized carbons (Fsp3) is 1.00. The van der Waals surface area contributed by atoms with Gasteiger partial charge in [0.2, 0.25) is 0 Å². The van der Waals surface area contributed by atoms with Gasteiger partial charge in [-0.3, -0.25) is 0 Å². The molecule has 144 valence electrons. The monoisotopic (exact) mass is 338 g/mol. The first-order chi connectivity index (χ1) is 11.2. The Balaban J connectivity index is 1.93. The second kappa shape index (κ2) is 10.8. The minimum Gasteiger partial charge on any atom is -0.317 e. The molecule has 1 fully saturated rings. The van der Waals surface area contributed by atoms with Gasteiger partial charge in [-0.25, -0.2) is 0 Å². The summed E-state index contributed by atoms with van der Waals surface area (Å²) in [6.45, 7) is 20.6. The molecule has 1 unspecified atom stereocenters. The van der Waals surface area contributed by atoms with Crippen LogP contribution in [0.3, 0.4) is 0 Å². The molecule has 0 aromatic rings. The molecule has 1 aliphatic rings. The van der Waals surface area contributed by atoms with Gasteiger partial charge in [-0.15, -0.1) is 0 Å². The zero-order valence-electron chi connectivity index (χ0n) is 17.7. The average Bonchev–Trinajstić information content (AvgIpc) is 2.47. The number of hydrogen-bond donors (Lipinski definition) is 1. The largest absolute Gasteiger partial charge is 0.317 e. The first-order valence-corrected chi connectivity index (χ1v) is 10.6. The summed E-state index contributed by atoms with van der Waals surface area (Å²) in [7, 11) is 0. The Kier molecular flexibility index (Phi) is 9.89. The predicted molar refractivity (Wildman–Crippen MR) is 109 cm³/mol. The SMILES string of the molecule is CC(C)(C)CCNCCCCCCCN1CCCC(C(C)(C)C)C1. The van der Waals surface area contributed by atoms with E-state index in [0.717, 1.165) is 5.92 Å². The number of piperidine rings is 1. The first-order valence-electron chi connectivity index (χ1n) is 10.6. The quantitative estimate of drug-likeness (QED) is 0.512. The van der Waals surface area contributed by atoms with Gasteiger partial charge in [-0.2, -0.15) is 0 Å². The van der Waals surface area contributed by atoms with Gasteiger partial charge in [0.05, 0.1) is 0 Å². The van der Waals surface area contributed by atoms with Crippen molar-refractivity contribution < 1.29 is 0 Å². The maximum atomic E-state index is 3.60. The third kappa shape index (κ3) is 10.7. The third-order valence-corrected chi connectivity index (χ3v) is 5.61. The van der Waals surface area contributed by atoms with E-state index >= 15 is 0 Å². The van der Waals surface area contributed by atoms with Crippen molar-refractivity contribution in [2.45, 2.75) is 92.9 Å². The average molecular weight is 339 g/mol. The van der Waals surface area contributed by atoms with E-state index in [1.165, 1.54) is 84.1 Å². The number of unbranched alkanes of at least 4 members (excludes halogenated alkanes) is 4. The molecule has 0 aromatic heterocycles. The molecular weight excluding hydrogens is 292 g/mol. The summed E-state index contributed by atoms with van der Waals surface area (Å²) < 4.78 is 0. The van der Waals surface area contributed by atoms with Crippen molar-refractivity contribution in [2.75, 3.05) is 32.7 Å². The van der Waals surface area contributed by atoms with Gasteiger partial charge < -0.3 is 10.2 Å². The van der Waals surface area contributed by atoms with Crippen LogP contribution >= 0.6 is 0 Å². The molecule has 1 N–H and O–H groups in total. The van der Waals surface area contributed by atoms with Crippen molar-refractivity contribution in [3.05, 3.63) is 0 Å². The van der Waals surface area contributed by atoms with Crippen LogP contribution < -0.4 is 5.32 Å². The van der Waals surface area contributed by atoms with Gasteiger partial charge >= 0.3 is 0 Å². The number of hydrogen-bond acceptors (Lipinski definition) is 2. The summed E-state index contributed by atoms with van der Waals surface area (Å²) in [5, 5.41) is 3.60. The molecule has 24 heavy (non-hydrogen) atoms. The smallest absolute Gasteiger partial charge is 0.00147 e. The molecule has 0 aromatic carbocycles. The summed E-state index contributed by atoms with van der Waals surface area (Å²) >= 11 is 0. The van der Waals surface area contributed by atoms with Crippen LogP contribution in [0.15, 0.2) is 0 Å². The Morgan fingerprint density at radius 3 is 2.21 bits per heavy atom. The Hall–Kier alpha value is -0.0800. The molecule has 2 heteroatoms. The van der Waals surface area contributed by atoms with Gasteiger partial charge in [0, 0.05) is 6.54 Å². The van der Waals surface area contributed by atoms with E-state index in [9.17, 15) is 0 Å². The van der Waals surface area contributed by atoms with Crippen molar-refractivity contribution >= 4 is 0 Å². The topological polar surface area (TPSA) is 15.3 Å². The molecule has 0 saturated carbocycles. The van der Waals surface area contributed by atoms with Crippen LogP contribution in [0.25, 0.3) is 0 Å². The molecule has 1 aliphatic heterocycles. The van der Waals surface area contributed by atoms with E-state index in [1.54, 1.807) is 0 Å². The molecule has 0 aliphatic carbocycles. The standard InChI is InChI=1S/C22H46N2/c1-21(2,3)14-16-23-15-10-8-7-9-11-17-24-18-12-13-20(19-24)22(4,5)6/h20,23H,7-19H2,1-6H3. The van der Waals surface area contributed by atoms with E-state index in [-0.39, 0.29) is 0 Å². The number of rotatable bonds is 10. The molecule has 0 spiro atoms. The van der Waals surface area contributed by atoms with Crippen molar-refractivity contribution in [2.24, 2.45) is 16.7 Å². The van der Waals surface area contributed by atoms with Crippen molar-refractivity contribution in [3.8, 4) is 0 Å².